The molecule has 0 amide bonds. The van der Waals surface area contributed by atoms with Crippen LogP contribution in [-0.2, 0) is 0 Å². The van der Waals surface area contributed by atoms with Crippen molar-refractivity contribution in [3.05, 3.63) is 12.4 Å². The van der Waals surface area contributed by atoms with E-state index in [9.17, 15) is 0 Å². The molecule has 1 aromatic heterocycles. The van der Waals surface area contributed by atoms with Crippen LogP contribution in [0.2, 0.25) is 0 Å². The first-order valence-corrected chi connectivity index (χ1v) is 5.50. The highest BCUT2D eigenvalue weighted by Crippen LogP contribution is 2.07. The number of nitrogen functional groups attached to an aromatic ring is 1. The van der Waals surface area contributed by atoms with Crippen LogP contribution in [0.15, 0.2) is 12.4 Å². The molecule has 1 aromatic rings. The predicted octanol–water partition coefficient (Wildman–Crippen LogP) is 2.30. The van der Waals surface area contributed by atoms with Crippen LogP contribution in [0.3, 0.4) is 0 Å². The third-order valence-corrected chi connectivity index (χ3v) is 2.17. The van der Waals surface area contributed by atoms with Crippen molar-refractivity contribution in [3.63, 3.8) is 0 Å². The second kappa shape index (κ2) is 6.22. The third kappa shape index (κ3) is 5.20. The van der Waals surface area contributed by atoms with Crippen molar-refractivity contribution in [1.29, 1.82) is 0 Å². The summed E-state index contributed by atoms with van der Waals surface area (Å²) in [5.74, 6) is 2.01. The van der Waals surface area contributed by atoms with E-state index in [0.29, 0.717) is 5.82 Å². The van der Waals surface area contributed by atoms with Crippen LogP contribution >= 0.6 is 0 Å². The second-order valence-electron chi connectivity index (χ2n) is 4.15. The van der Waals surface area contributed by atoms with E-state index in [2.05, 4.69) is 29.1 Å². The molecule has 0 bridgehead atoms. The molecule has 0 fully saturated rings. The van der Waals surface area contributed by atoms with Gasteiger partial charge in [-0.3, -0.25) is 4.98 Å². The van der Waals surface area contributed by atoms with Crippen molar-refractivity contribution >= 4 is 11.6 Å². The largest absolute Gasteiger partial charge is 0.382 e. The maximum atomic E-state index is 5.52. The summed E-state index contributed by atoms with van der Waals surface area (Å²) in [4.78, 5) is 8.07. The fraction of sp³-hybridized carbons (Fsp3) is 0.636. The van der Waals surface area contributed by atoms with Crippen molar-refractivity contribution in [3.8, 4) is 0 Å². The van der Waals surface area contributed by atoms with Gasteiger partial charge in [0, 0.05) is 6.54 Å². The molecule has 15 heavy (non-hydrogen) atoms. The highest BCUT2D eigenvalue weighted by atomic mass is 15.0. The Kier molecular flexibility index (Phi) is 4.87. The summed E-state index contributed by atoms with van der Waals surface area (Å²) in [7, 11) is 0. The molecule has 0 aliphatic heterocycles. The smallest absolute Gasteiger partial charge is 0.146 e. The van der Waals surface area contributed by atoms with Crippen molar-refractivity contribution in [2.24, 2.45) is 5.92 Å². The number of hydrogen-bond acceptors (Lipinski definition) is 4. The topological polar surface area (TPSA) is 63.8 Å². The Balaban J connectivity index is 2.15. The fourth-order valence-corrected chi connectivity index (χ4v) is 1.36. The summed E-state index contributed by atoms with van der Waals surface area (Å²) in [6.07, 6.45) is 6.93. The van der Waals surface area contributed by atoms with Crippen molar-refractivity contribution in [2.75, 3.05) is 17.6 Å². The lowest BCUT2D eigenvalue weighted by molar-refractivity contribution is 0.544. The van der Waals surface area contributed by atoms with Crippen molar-refractivity contribution < 1.29 is 0 Å². The zero-order valence-electron chi connectivity index (χ0n) is 9.53. The monoisotopic (exact) mass is 208 g/mol. The molecule has 0 unspecified atom stereocenters. The normalized spacial score (nSPS) is 10.6. The minimum absolute atomic E-state index is 0.460. The van der Waals surface area contributed by atoms with E-state index in [1.807, 2.05) is 0 Å². The van der Waals surface area contributed by atoms with Gasteiger partial charge < -0.3 is 11.1 Å². The van der Waals surface area contributed by atoms with Crippen LogP contribution in [0.1, 0.15) is 33.1 Å². The molecule has 0 spiro atoms. The van der Waals surface area contributed by atoms with Crippen LogP contribution in [0.5, 0.6) is 0 Å². The number of rotatable bonds is 6. The molecule has 1 rings (SSSR count). The van der Waals surface area contributed by atoms with Gasteiger partial charge in [-0.25, -0.2) is 4.98 Å². The molecule has 0 radical (unpaired) electrons. The minimum atomic E-state index is 0.460. The summed E-state index contributed by atoms with van der Waals surface area (Å²) in [6.45, 7) is 5.43. The lowest BCUT2D eigenvalue weighted by Crippen LogP contribution is -2.05. The SMILES string of the molecule is CC(C)CCCCNc1cncc(N)n1. The van der Waals surface area contributed by atoms with Crippen LogP contribution in [0, 0.1) is 5.92 Å². The van der Waals surface area contributed by atoms with Crippen LogP contribution < -0.4 is 11.1 Å². The van der Waals surface area contributed by atoms with Crippen LogP contribution in [0.25, 0.3) is 0 Å². The van der Waals surface area contributed by atoms with Gasteiger partial charge >= 0.3 is 0 Å². The van der Waals surface area contributed by atoms with E-state index >= 15 is 0 Å². The van der Waals surface area contributed by atoms with Gasteiger partial charge in [0.25, 0.3) is 0 Å². The minimum Gasteiger partial charge on any atom is -0.382 e. The Morgan fingerprint density at radius 2 is 2.13 bits per heavy atom. The first kappa shape index (κ1) is 11.8. The van der Waals surface area contributed by atoms with E-state index in [4.69, 9.17) is 5.73 Å². The van der Waals surface area contributed by atoms with E-state index < -0.39 is 0 Å². The summed E-state index contributed by atoms with van der Waals surface area (Å²) < 4.78 is 0. The quantitative estimate of drug-likeness (QED) is 0.704. The molecule has 0 aliphatic carbocycles. The molecule has 0 saturated carbocycles. The van der Waals surface area contributed by atoms with E-state index in [-0.39, 0.29) is 0 Å². The first-order chi connectivity index (χ1) is 7.18. The Hall–Kier alpha value is -1.32. The Morgan fingerprint density at radius 1 is 1.33 bits per heavy atom. The molecule has 0 saturated heterocycles. The third-order valence-electron chi connectivity index (χ3n) is 2.17. The number of nitrogens with zero attached hydrogens (tertiary/aromatic N) is 2. The van der Waals surface area contributed by atoms with Gasteiger partial charge in [0.05, 0.1) is 12.4 Å². The number of hydrogen-bond donors (Lipinski definition) is 2. The van der Waals surface area contributed by atoms with Gasteiger partial charge in [0.1, 0.15) is 11.6 Å². The Bertz CT molecular complexity index is 286. The molecule has 4 heteroatoms. The van der Waals surface area contributed by atoms with E-state index in [1.54, 1.807) is 12.4 Å². The number of nitrogens with two attached hydrogens (primary N) is 1. The Morgan fingerprint density at radius 3 is 2.80 bits per heavy atom. The summed E-state index contributed by atoms with van der Waals surface area (Å²) in [5.41, 5.74) is 5.52. The lowest BCUT2D eigenvalue weighted by Gasteiger charge is -2.06. The maximum Gasteiger partial charge on any atom is 0.146 e. The standard InChI is InChI=1S/C11H20N4/c1-9(2)5-3-4-6-14-11-8-13-7-10(12)15-11/h7-9H,3-6H2,1-2H3,(H3,12,14,15). The summed E-state index contributed by atoms with van der Waals surface area (Å²) >= 11 is 0. The highest BCUT2D eigenvalue weighted by molar-refractivity contribution is 5.37. The number of unbranched alkanes of at least 4 members (excludes halogenated alkanes) is 1. The van der Waals surface area contributed by atoms with E-state index in [0.717, 1.165) is 24.7 Å². The van der Waals surface area contributed by atoms with Gasteiger partial charge in [-0.1, -0.05) is 26.7 Å². The van der Waals surface area contributed by atoms with Crippen molar-refractivity contribution in [1.82, 2.24) is 9.97 Å². The molecule has 0 aliphatic rings. The summed E-state index contributed by atoms with van der Waals surface area (Å²) in [5, 5.41) is 3.21. The maximum absolute atomic E-state index is 5.52. The van der Waals surface area contributed by atoms with Gasteiger partial charge in [-0.2, -0.15) is 0 Å². The molecule has 4 nitrogen and oxygen atoms in total. The molecular weight excluding hydrogens is 188 g/mol. The highest BCUT2D eigenvalue weighted by Gasteiger charge is 1.96. The fourth-order valence-electron chi connectivity index (χ4n) is 1.36. The lowest BCUT2D eigenvalue weighted by atomic mass is 10.1. The summed E-state index contributed by atoms with van der Waals surface area (Å²) in [6, 6.07) is 0. The Labute approximate surface area is 91.3 Å². The van der Waals surface area contributed by atoms with Crippen LogP contribution in [0.4, 0.5) is 11.6 Å². The second-order valence-corrected chi connectivity index (χ2v) is 4.15. The molecule has 0 aromatic carbocycles. The number of aromatic nitrogens is 2. The van der Waals surface area contributed by atoms with Gasteiger partial charge in [-0.05, 0) is 12.3 Å². The first-order valence-electron chi connectivity index (χ1n) is 5.50. The van der Waals surface area contributed by atoms with Gasteiger partial charge in [0.2, 0.25) is 0 Å². The average Bonchev–Trinajstić information content (AvgIpc) is 2.17. The van der Waals surface area contributed by atoms with Crippen LogP contribution in [-0.4, -0.2) is 16.5 Å². The molecule has 0 atom stereocenters. The zero-order chi connectivity index (χ0) is 11.1. The van der Waals surface area contributed by atoms with Crippen molar-refractivity contribution in [2.45, 2.75) is 33.1 Å². The van der Waals surface area contributed by atoms with Gasteiger partial charge in [-0.15, -0.1) is 0 Å². The molecular formula is C11H20N4. The number of nitrogens with one attached hydrogen (secondary N) is 1. The van der Waals surface area contributed by atoms with E-state index in [1.165, 1.54) is 12.8 Å². The molecule has 1 heterocycles. The molecule has 3 N–H and O–H groups in total. The number of anilines is 2. The van der Waals surface area contributed by atoms with Gasteiger partial charge in [0.15, 0.2) is 0 Å². The average molecular weight is 208 g/mol. The molecule has 84 valence electrons. The predicted molar refractivity (Wildman–Crippen MR) is 63.6 cm³/mol. The zero-order valence-corrected chi connectivity index (χ0v) is 9.53.